The molecule has 0 saturated heterocycles. The molecule has 0 aliphatic carbocycles. The van der Waals surface area contributed by atoms with Crippen molar-refractivity contribution in [3.63, 3.8) is 0 Å². The molecule has 0 spiro atoms. The predicted molar refractivity (Wildman–Crippen MR) is 59.6 cm³/mol. The van der Waals surface area contributed by atoms with E-state index in [-0.39, 0.29) is 0 Å². The summed E-state index contributed by atoms with van der Waals surface area (Å²) in [4.78, 5) is 0. The van der Waals surface area contributed by atoms with Crippen molar-refractivity contribution in [2.24, 2.45) is 0 Å². The van der Waals surface area contributed by atoms with Gasteiger partial charge in [0.1, 0.15) is 0 Å². The van der Waals surface area contributed by atoms with Crippen LogP contribution in [-0.2, 0) is 0 Å². The van der Waals surface area contributed by atoms with E-state index in [0.29, 0.717) is 0 Å². The highest BCUT2D eigenvalue weighted by molar-refractivity contribution is 5.67. The van der Waals surface area contributed by atoms with Crippen molar-refractivity contribution in [3.05, 3.63) is 41.5 Å². The van der Waals surface area contributed by atoms with E-state index in [1.807, 2.05) is 0 Å². The maximum Gasteiger partial charge on any atom is -0.0225 e. The first-order valence-electron chi connectivity index (χ1n) is 5.03. The second-order valence-corrected chi connectivity index (χ2v) is 3.33. The molecule has 13 heavy (non-hydrogen) atoms. The monoisotopic (exact) mass is 174 g/mol. The average Bonchev–Trinajstić information content (AvgIpc) is 2.20. The van der Waals surface area contributed by atoms with Crippen molar-refractivity contribution < 1.29 is 0 Å². The highest BCUT2D eigenvalue weighted by atomic mass is 14.1. The van der Waals surface area contributed by atoms with Gasteiger partial charge in [0.2, 0.25) is 0 Å². The third-order valence-electron chi connectivity index (χ3n) is 2.52. The Morgan fingerprint density at radius 2 is 1.62 bits per heavy atom. The quantitative estimate of drug-likeness (QED) is 0.641. The van der Waals surface area contributed by atoms with E-state index < -0.39 is 0 Å². The second kappa shape index (κ2) is 4.86. The van der Waals surface area contributed by atoms with Crippen LogP contribution in [0.1, 0.15) is 39.2 Å². The molecule has 70 valence electrons. The third-order valence-corrected chi connectivity index (χ3v) is 2.52. The molecule has 0 atom stereocenters. The minimum atomic E-state index is 1.13. The molecule has 0 nitrogen and oxygen atoms in total. The van der Waals surface area contributed by atoms with E-state index in [4.69, 9.17) is 0 Å². The molecular weight excluding hydrogens is 156 g/mol. The van der Waals surface area contributed by atoms with Crippen LogP contribution in [0.25, 0.3) is 5.57 Å². The zero-order chi connectivity index (χ0) is 9.68. The lowest BCUT2D eigenvalue weighted by atomic mass is 9.97. The summed E-state index contributed by atoms with van der Waals surface area (Å²) in [6, 6.07) is 10.7. The van der Waals surface area contributed by atoms with Crippen LogP contribution in [0.2, 0.25) is 0 Å². The van der Waals surface area contributed by atoms with Gasteiger partial charge in [-0.05, 0) is 30.9 Å². The molecule has 0 amide bonds. The molecule has 0 unspecified atom stereocenters. The van der Waals surface area contributed by atoms with Crippen molar-refractivity contribution in [1.82, 2.24) is 0 Å². The highest BCUT2D eigenvalue weighted by Crippen LogP contribution is 2.23. The molecule has 0 N–H and O–H groups in total. The predicted octanol–water partition coefficient (Wildman–Crippen LogP) is 4.28. The fourth-order valence-electron chi connectivity index (χ4n) is 1.61. The van der Waals surface area contributed by atoms with Crippen molar-refractivity contribution in [2.45, 2.75) is 33.6 Å². The first kappa shape index (κ1) is 10.0. The number of allylic oxidation sites excluding steroid dienone is 2. The van der Waals surface area contributed by atoms with Gasteiger partial charge in [0, 0.05) is 0 Å². The van der Waals surface area contributed by atoms with Gasteiger partial charge in [0.25, 0.3) is 0 Å². The average molecular weight is 174 g/mol. The lowest BCUT2D eigenvalue weighted by Crippen LogP contribution is -1.86. The Morgan fingerprint density at radius 1 is 1.00 bits per heavy atom. The number of hydrogen-bond donors (Lipinski definition) is 0. The molecule has 1 rings (SSSR count). The Hall–Kier alpha value is -1.04. The van der Waals surface area contributed by atoms with Crippen LogP contribution in [0.15, 0.2) is 35.9 Å². The fraction of sp³-hybridized carbons (Fsp3) is 0.385. The van der Waals surface area contributed by atoms with Gasteiger partial charge >= 0.3 is 0 Å². The lowest BCUT2D eigenvalue weighted by Gasteiger charge is -2.08. The molecule has 0 saturated carbocycles. The maximum atomic E-state index is 2.23. The number of hydrogen-bond acceptors (Lipinski definition) is 0. The van der Waals surface area contributed by atoms with Gasteiger partial charge < -0.3 is 0 Å². The molecule has 0 radical (unpaired) electrons. The number of benzene rings is 1. The Bertz CT molecular complexity index is 280. The summed E-state index contributed by atoms with van der Waals surface area (Å²) in [5.41, 5.74) is 4.39. The fourth-order valence-corrected chi connectivity index (χ4v) is 1.61. The van der Waals surface area contributed by atoms with Gasteiger partial charge in [-0.25, -0.2) is 0 Å². The van der Waals surface area contributed by atoms with Gasteiger partial charge in [0.15, 0.2) is 0 Å². The molecule has 1 aromatic carbocycles. The smallest absolute Gasteiger partial charge is 0.0225 e. The van der Waals surface area contributed by atoms with Crippen LogP contribution in [0, 0.1) is 0 Å². The first-order chi connectivity index (χ1) is 6.29. The molecule has 0 fully saturated rings. The molecule has 0 aromatic heterocycles. The zero-order valence-corrected chi connectivity index (χ0v) is 8.80. The largest absolute Gasteiger partial charge is 0.0698 e. The Labute approximate surface area is 81.3 Å². The van der Waals surface area contributed by atoms with Crippen LogP contribution in [0.4, 0.5) is 0 Å². The van der Waals surface area contributed by atoms with Crippen molar-refractivity contribution >= 4 is 5.57 Å². The van der Waals surface area contributed by atoms with Crippen LogP contribution in [0.3, 0.4) is 0 Å². The minimum Gasteiger partial charge on any atom is -0.0698 e. The van der Waals surface area contributed by atoms with E-state index in [9.17, 15) is 0 Å². The van der Waals surface area contributed by atoms with Crippen molar-refractivity contribution in [2.75, 3.05) is 0 Å². The zero-order valence-electron chi connectivity index (χ0n) is 8.80. The number of rotatable bonds is 3. The van der Waals surface area contributed by atoms with Crippen molar-refractivity contribution in [1.29, 1.82) is 0 Å². The molecule has 0 bridgehead atoms. The first-order valence-corrected chi connectivity index (χ1v) is 5.03. The van der Waals surface area contributed by atoms with E-state index in [0.717, 1.165) is 12.8 Å². The Balaban J connectivity index is 3.05. The third kappa shape index (κ3) is 2.45. The van der Waals surface area contributed by atoms with Crippen LogP contribution in [-0.4, -0.2) is 0 Å². The summed E-state index contributed by atoms with van der Waals surface area (Å²) >= 11 is 0. The SMILES string of the molecule is CC/C(C)=C(/CC)c1ccccc1. The summed E-state index contributed by atoms with van der Waals surface area (Å²) in [6.07, 6.45) is 2.28. The van der Waals surface area contributed by atoms with Gasteiger partial charge in [-0.1, -0.05) is 49.8 Å². The molecule has 1 aromatic rings. The molecule has 0 heteroatoms. The van der Waals surface area contributed by atoms with Gasteiger partial charge in [-0.15, -0.1) is 0 Å². The maximum absolute atomic E-state index is 2.23. The van der Waals surface area contributed by atoms with E-state index in [1.165, 1.54) is 16.7 Å². The molecule has 0 heterocycles. The van der Waals surface area contributed by atoms with Crippen LogP contribution in [0.5, 0.6) is 0 Å². The molecule has 0 aliphatic rings. The van der Waals surface area contributed by atoms with Crippen molar-refractivity contribution in [3.8, 4) is 0 Å². The molecular formula is C13H18. The van der Waals surface area contributed by atoms with Crippen LogP contribution < -0.4 is 0 Å². The summed E-state index contributed by atoms with van der Waals surface area (Å²) in [7, 11) is 0. The van der Waals surface area contributed by atoms with Gasteiger partial charge in [-0.2, -0.15) is 0 Å². The normalized spacial score (nSPS) is 12.5. The van der Waals surface area contributed by atoms with E-state index >= 15 is 0 Å². The van der Waals surface area contributed by atoms with Gasteiger partial charge in [-0.3, -0.25) is 0 Å². The van der Waals surface area contributed by atoms with Gasteiger partial charge in [0.05, 0.1) is 0 Å². The highest BCUT2D eigenvalue weighted by Gasteiger charge is 2.00. The molecule has 0 aliphatic heterocycles. The standard InChI is InChI=1S/C13H18/c1-4-11(3)13(5-2)12-9-7-6-8-10-12/h6-10H,4-5H2,1-3H3/b13-11-. The van der Waals surface area contributed by atoms with Crippen LogP contribution >= 0.6 is 0 Å². The van der Waals surface area contributed by atoms with E-state index in [1.54, 1.807) is 0 Å². The van der Waals surface area contributed by atoms with E-state index in [2.05, 4.69) is 51.1 Å². The Morgan fingerprint density at radius 3 is 2.08 bits per heavy atom. The second-order valence-electron chi connectivity index (χ2n) is 3.33. The summed E-state index contributed by atoms with van der Waals surface area (Å²) in [5, 5.41) is 0. The summed E-state index contributed by atoms with van der Waals surface area (Å²) in [5.74, 6) is 0. The Kier molecular flexibility index (Phi) is 3.75. The topological polar surface area (TPSA) is 0 Å². The minimum absolute atomic E-state index is 1.13. The summed E-state index contributed by atoms with van der Waals surface area (Å²) < 4.78 is 0. The summed E-state index contributed by atoms with van der Waals surface area (Å²) in [6.45, 7) is 6.67. The lowest BCUT2D eigenvalue weighted by molar-refractivity contribution is 1.07.